The molecule has 0 saturated heterocycles. The Labute approximate surface area is 121 Å². The Balaban J connectivity index is 2.51. The molecule has 0 N–H and O–H groups in total. The van der Waals surface area contributed by atoms with E-state index in [1.54, 1.807) is 6.07 Å². The van der Waals surface area contributed by atoms with Crippen LogP contribution in [0, 0.1) is 6.92 Å². The maximum absolute atomic E-state index is 11.4. The van der Waals surface area contributed by atoms with Crippen molar-refractivity contribution >= 4 is 33.5 Å². The minimum atomic E-state index is -0.373. The maximum atomic E-state index is 11.4. The highest BCUT2D eigenvalue weighted by molar-refractivity contribution is 9.10. The van der Waals surface area contributed by atoms with Crippen LogP contribution in [0.5, 0.6) is 5.75 Å². The summed E-state index contributed by atoms with van der Waals surface area (Å²) in [6, 6.07) is 3.61. The van der Waals surface area contributed by atoms with Crippen LogP contribution in [0.15, 0.2) is 16.6 Å². The van der Waals surface area contributed by atoms with E-state index in [0.717, 1.165) is 22.9 Å². The number of carbonyl (C=O) groups excluding carboxylic acids is 1. The van der Waals surface area contributed by atoms with Crippen LogP contribution in [0.1, 0.15) is 25.3 Å². The topological polar surface area (TPSA) is 35.5 Å². The number of rotatable bonds is 6. The zero-order chi connectivity index (χ0) is 13.5. The molecule has 5 heteroatoms. The van der Waals surface area contributed by atoms with Crippen molar-refractivity contribution < 1.29 is 14.3 Å². The van der Waals surface area contributed by atoms with Crippen LogP contribution in [0.4, 0.5) is 0 Å². The molecule has 0 aliphatic heterocycles. The van der Waals surface area contributed by atoms with Crippen LogP contribution < -0.4 is 4.74 Å². The lowest BCUT2D eigenvalue weighted by Crippen LogP contribution is -2.16. The van der Waals surface area contributed by atoms with Gasteiger partial charge in [-0.15, -0.1) is 0 Å². The van der Waals surface area contributed by atoms with Gasteiger partial charge in [-0.1, -0.05) is 40.9 Å². The number of hydrogen-bond donors (Lipinski definition) is 0. The van der Waals surface area contributed by atoms with Gasteiger partial charge >= 0.3 is 5.97 Å². The molecule has 18 heavy (non-hydrogen) atoms. The molecule has 3 nitrogen and oxygen atoms in total. The molecule has 0 fully saturated rings. The van der Waals surface area contributed by atoms with Crippen LogP contribution in [-0.2, 0) is 9.53 Å². The van der Waals surface area contributed by atoms with E-state index in [-0.39, 0.29) is 12.6 Å². The molecule has 0 heterocycles. The normalized spacial score (nSPS) is 10.2. The van der Waals surface area contributed by atoms with Gasteiger partial charge in [0.15, 0.2) is 6.61 Å². The molecule has 0 bridgehead atoms. The predicted octanol–water partition coefficient (Wildman–Crippen LogP) is 4.13. The molecule has 0 unspecified atom stereocenters. The third-order valence-corrected chi connectivity index (χ3v) is 3.03. The van der Waals surface area contributed by atoms with Crippen molar-refractivity contribution in [2.75, 3.05) is 13.2 Å². The summed E-state index contributed by atoms with van der Waals surface area (Å²) < 4.78 is 11.3. The molecule has 0 aliphatic rings. The van der Waals surface area contributed by atoms with E-state index in [1.807, 2.05) is 19.9 Å². The summed E-state index contributed by atoms with van der Waals surface area (Å²) in [6.07, 6.45) is 1.86. The smallest absolute Gasteiger partial charge is 0.344 e. The first kappa shape index (κ1) is 15.3. The fourth-order valence-corrected chi connectivity index (χ4v) is 2.40. The second-order valence-corrected chi connectivity index (χ2v) is 5.22. The average molecular weight is 336 g/mol. The summed E-state index contributed by atoms with van der Waals surface area (Å²) in [5.41, 5.74) is 0.871. The van der Waals surface area contributed by atoms with Crippen LogP contribution in [0.3, 0.4) is 0 Å². The molecule has 0 radical (unpaired) electrons. The van der Waals surface area contributed by atoms with Gasteiger partial charge in [0.2, 0.25) is 0 Å². The fourth-order valence-electron chi connectivity index (χ4n) is 1.37. The van der Waals surface area contributed by atoms with Gasteiger partial charge < -0.3 is 9.47 Å². The van der Waals surface area contributed by atoms with Gasteiger partial charge in [-0.05, 0) is 31.0 Å². The van der Waals surface area contributed by atoms with Crippen LogP contribution >= 0.6 is 27.5 Å². The largest absolute Gasteiger partial charge is 0.480 e. The third kappa shape index (κ3) is 4.86. The minimum Gasteiger partial charge on any atom is -0.480 e. The van der Waals surface area contributed by atoms with Crippen molar-refractivity contribution in [1.82, 2.24) is 0 Å². The SMILES string of the molecule is CCCCOC(=O)COc1c(C)cc(Br)cc1Cl. The Morgan fingerprint density at radius 1 is 1.44 bits per heavy atom. The van der Waals surface area contributed by atoms with Crippen LogP contribution in [0.25, 0.3) is 0 Å². The lowest BCUT2D eigenvalue weighted by molar-refractivity contribution is -0.146. The monoisotopic (exact) mass is 334 g/mol. The molecule has 1 aromatic rings. The zero-order valence-electron chi connectivity index (χ0n) is 10.5. The number of ether oxygens (including phenoxy) is 2. The van der Waals surface area contributed by atoms with Gasteiger partial charge in [0, 0.05) is 4.47 Å². The zero-order valence-corrected chi connectivity index (χ0v) is 12.8. The van der Waals surface area contributed by atoms with Crippen molar-refractivity contribution in [2.24, 2.45) is 0 Å². The maximum Gasteiger partial charge on any atom is 0.344 e. The standard InChI is InChI=1S/C13H16BrClO3/c1-3-4-5-17-12(16)8-18-13-9(2)6-10(14)7-11(13)15/h6-7H,3-5,8H2,1-2H3. The van der Waals surface area contributed by atoms with Crippen molar-refractivity contribution in [3.8, 4) is 5.75 Å². The number of unbranched alkanes of at least 4 members (excludes halogenated alkanes) is 1. The first-order valence-corrected chi connectivity index (χ1v) is 6.95. The lowest BCUT2D eigenvalue weighted by Gasteiger charge is -2.11. The predicted molar refractivity (Wildman–Crippen MR) is 75.3 cm³/mol. The number of benzene rings is 1. The summed E-state index contributed by atoms with van der Waals surface area (Å²) in [4.78, 5) is 11.4. The molecule has 0 aliphatic carbocycles. The van der Waals surface area contributed by atoms with Crippen LogP contribution in [-0.4, -0.2) is 19.2 Å². The van der Waals surface area contributed by atoms with Crippen molar-refractivity contribution in [2.45, 2.75) is 26.7 Å². The molecule has 1 aromatic carbocycles. The van der Waals surface area contributed by atoms with Crippen molar-refractivity contribution in [3.63, 3.8) is 0 Å². The van der Waals surface area contributed by atoms with Gasteiger partial charge in [-0.3, -0.25) is 0 Å². The number of hydrogen-bond acceptors (Lipinski definition) is 3. The number of carbonyl (C=O) groups is 1. The summed E-state index contributed by atoms with van der Waals surface area (Å²) in [5, 5.41) is 0.475. The third-order valence-electron chi connectivity index (χ3n) is 2.29. The highest BCUT2D eigenvalue weighted by Gasteiger charge is 2.10. The Hall–Kier alpha value is -0.740. The van der Waals surface area contributed by atoms with E-state index in [1.165, 1.54) is 0 Å². The van der Waals surface area contributed by atoms with Gasteiger partial charge in [-0.2, -0.15) is 0 Å². The van der Waals surface area contributed by atoms with E-state index < -0.39 is 0 Å². The van der Waals surface area contributed by atoms with Crippen LogP contribution in [0.2, 0.25) is 5.02 Å². The Kier molecular flexibility index (Phi) is 6.50. The molecular weight excluding hydrogens is 319 g/mol. The van der Waals surface area contributed by atoms with E-state index >= 15 is 0 Å². The van der Waals surface area contributed by atoms with Crippen molar-refractivity contribution in [3.05, 3.63) is 27.2 Å². The summed E-state index contributed by atoms with van der Waals surface area (Å²) in [7, 11) is 0. The quantitative estimate of drug-likeness (QED) is 0.579. The number of aryl methyl sites for hydroxylation is 1. The average Bonchev–Trinajstić information content (AvgIpc) is 2.27. The van der Waals surface area contributed by atoms with E-state index in [0.29, 0.717) is 17.4 Å². The second kappa shape index (κ2) is 7.64. The lowest BCUT2D eigenvalue weighted by atomic mass is 10.2. The summed E-state index contributed by atoms with van der Waals surface area (Å²) in [5.74, 6) is 0.147. The molecule has 0 aromatic heterocycles. The first-order chi connectivity index (χ1) is 8.54. The highest BCUT2D eigenvalue weighted by atomic mass is 79.9. The van der Waals surface area contributed by atoms with E-state index in [2.05, 4.69) is 15.9 Å². The number of halogens is 2. The Bertz CT molecular complexity index is 398. The summed E-state index contributed by atoms with van der Waals surface area (Å²) in [6.45, 7) is 4.22. The first-order valence-electron chi connectivity index (χ1n) is 5.78. The van der Waals surface area contributed by atoms with Gasteiger partial charge in [0.1, 0.15) is 5.75 Å². The van der Waals surface area contributed by atoms with Gasteiger partial charge in [0.25, 0.3) is 0 Å². The number of esters is 1. The molecular formula is C13H16BrClO3. The Morgan fingerprint density at radius 2 is 2.17 bits per heavy atom. The van der Waals surface area contributed by atoms with Crippen molar-refractivity contribution in [1.29, 1.82) is 0 Å². The van der Waals surface area contributed by atoms with Gasteiger partial charge in [0.05, 0.1) is 11.6 Å². The minimum absolute atomic E-state index is 0.119. The summed E-state index contributed by atoms with van der Waals surface area (Å²) >= 11 is 9.38. The van der Waals surface area contributed by atoms with E-state index in [9.17, 15) is 4.79 Å². The molecule has 1 rings (SSSR count). The fraction of sp³-hybridized carbons (Fsp3) is 0.462. The molecule has 0 spiro atoms. The molecule has 0 atom stereocenters. The Morgan fingerprint density at radius 3 is 2.78 bits per heavy atom. The molecule has 100 valence electrons. The molecule has 0 saturated carbocycles. The van der Waals surface area contributed by atoms with Gasteiger partial charge in [-0.25, -0.2) is 4.79 Å². The molecule has 0 amide bonds. The second-order valence-electron chi connectivity index (χ2n) is 3.90. The highest BCUT2D eigenvalue weighted by Crippen LogP contribution is 2.31. The van der Waals surface area contributed by atoms with E-state index in [4.69, 9.17) is 21.1 Å².